The Kier molecular flexibility index (Phi) is 5.01. The fourth-order valence-electron chi connectivity index (χ4n) is 3.14. The van der Waals surface area contributed by atoms with Crippen LogP contribution in [0.25, 0.3) is 10.1 Å². The lowest BCUT2D eigenvalue weighted by Crippen LogP contribution is -2.39. The van der Waals surface area contributed by atoms with Gasteiger partial charge >= 0.3 is 0 Å². The summed E-state index contributed by atoms with van der Waals surface area (Å²) in [6.45, 7) is 0.439. The zero-order valence-corrected chi connectivity index (χ0v) is 15.9. The minimum absolute atomic E-state index is 0.108. The quantitative estimate of drug-likeness (QED) is 0.697. The Labute approximate surface area is 165 Å². The minimum atomic E-state index is -0.344. The number of ether oxygens (including phenoxy) is 1. The molecule has 0 unspecified atom stereocenters. The van der Waals surface area contributed by atoms with Crippen molar-refractivity contribution in [1.82, 2.24) is 10.6 Å². The number of carbonyl (C=O) groups is 2. The van der Waals surface area contributed by atoms with Gasteiger partial charge in [-0.1, -0.05) is 48.0 Å². The second-order valence-electron chi connectivity index (χ2n) is 6.22. The lowest BCUT2D eigenvalue weighted by molar-refractivity contribution is -0.121. The molecule has 0 spiro atoms. The molecule has 7 heteroatoms. The molecule has 2 N–H and O–H groups in total. The maximum absolute atomic E-state index is 12.4. The summed E-state index contributed by atoms with van der Waals surface area (Å²) >= 11 is 7.63. The Morgan fingerprint density at radius 3 is 2.78 bits per heavy atom. The summed E-state index contributed by atoms with van der Waals surface area (Å²) in [6.07, 6.45) is 0.693. The van der Waals surface area contributed by atoms with Crippen LogP contribution in [0.1, 0.15) is 27.7 Å². The molecule has 0 saturated carbocycles. The molecule has 0 radical (unpaired) electrons. The van der Waals surface area contributed by atoms with Gasteiger partial charge in [0.1, 0.15) is 10.6 Å². The Morgan fingerprint density at radius 2 is 1.93 bits per heavy atom. The molecule has 0 fully saturated rings. The monoisotopic (exact) mass is 400 g/mol. The van der Waals surface area contributed by atoms with Crippen LogP contribution in [-0.2, 0) is 4.79 Å². The number of hydrogen-bond acceptors (Lipinski definition) is 4. The fraction of sp³-hybridized carbons (Fsp3) is 0.200. The lowest BCUT2D eigenvalue weighted by atomic mass is 10.0. The van der Waals surface area contributed by atoms with E-state index in [2.05, 4.69) is 10.6 Å². The molecule has 0 saturated heterocycles. The number of para-hydroxylation sites is 1. The topological polar surface area (TPSA) is 67.4 Å². The van der Waals surface area contributed by atoms with Gasteiger partial charge in [-0.2, -0.15) is 0 Å². The molecular weight excluding hydrogens is 384 g/mol. The second-order valence-corrected chi connectivity index (χ2v) is 7.65. The van der Waals surface area contributed by atoms with Crippen LogP contribution in [0.3, 0.4) is 0 Å². The zero-order chi connectivity index (χ0) is 18.8. The number of amides is 2. The van der Waals surface area contributed by atoms with E-state index in [9.17, 15) is 9.59 Å². The predicted octanol–water partition coefficient (Wildman–Crippen LogP) is 3.92. The number of hydrogen-bond donors (Lipinski definition) is 2. The van der Waals surface area contributed by atoms with Gasteiger partial charge in [0.25, 0.3) is 5.91 Å². The van der Waals surface area contributed by atoms with E-state index in [4.69, 9.17) is 16.3 Å². The molecular formula is C20H17ClN2O3S. The van der Waals surface area contributed by atoms with Crippen molar-refractivity contribution in [2.24, 2.45) is 0 Å². The van der Waals surface area contributed by atoms with Crippen molar-refractivity contribution in [2.75, 3.05) is 13.2 Å². The molecule has 27 heavy (non-hydrogen) atoms. The first-order valence-electron chi connectivity index (χ1n) is 8.60. The van der Waals surface area contributed by atoms with E-state index in [0.717, 1.165) is 21.4 Å². The normalized spacial score (nSPS) is 15.7. The van der Waals surface area contributed by atoms with E-state index < -0.39 is 0 Å². The maximum atomic E-state index is 12.4. The Balaban J connectivity index is 1.39. The van der Waals surface area contributed by atoms with Gasteiger partial charge in [0, 0.05) is 22.1 Å². The predicted molar refractivity (Wildman–Crippen MR) is 107 cm³/mol. The van der Waals surface area contributed by atoms with Gasteiger partial charge in [-0.3, -0.25) is 9.59 Å². The Bertz CT molecular complexity index is 1020. The number of fused-ring (bicyclic) bond motifs is 2. The van der Waals surface area contributed by atoms with E-state index in [-0.39, 0.29) is 24.4 Å². The molecule has 3 aromatic rings. The van der Waals surface area contributed by atoms with Gasteiger partial charge in [-0.15, -0.1) is 11.3 Å². The third-order valence-electron chi connectivity index (χ3n) is 4.44. The molecule has 2 heterocycles. The first kappa shape index (κ1) is 17.8. The average molecular weight is 401 g/mol. The Morgan fingerprint density at radius 1 is 1.15 bits per heavy atom. The van der Waals surface area contributed by atoms with Crippen LogP contribution in [0.2, 0.25) is 5.02 Å². The minimum Gasteiger partial charge on any atom is -0.493 e. The van der Waals surface area contributed by atoms with Crippen molar-refractivity contribution in [2.45, 2.75) is 12.5 Å². The summed E-state index contributed by atoms with van der Waals surface area (Å²) in [5, 5.41) is 6.89. The van der Waals surface area contributed by atoms with Crippen LogP contribution < -0.4 is 15.4 Å². The number of carbonyl (C=O) groups excluding carboxylic acids is 2. The van der Waals surface area contributed by atoms with Gasteiger partial charge < -0.3 is 15.4 Å². The van der Waals surface area contributed by atoms with Gasteiger partial charge in [0.15, 0.2) is 0 Å². The van der Waals surface area contributed by atoms with Crippen LogP contribution in [0.5, 0.6) is 5.75 Å². The molecule has 1 atom stereocenters. The summed E-state index contributed by atoms with van der Waals surface area (Å²) in [6, 6.07) is 15.1. The second kappa shape index (κ2) is 7.58. The summed E-state index contributed by atoms with van der Waals surface area (Å²) in [7, 11) is 0. The summed E-state index contributed by atoms with van der Waals surface area (Å²) < 4.78 is 6.54. The molecule has 0 aliphatic carbocycles. The average Bonchev–Trinajstić information content (AvgIpc) is 3.03. The highest BCUT2D eigenvalue weighted by atomic mass is 35.5. The third kappa shape index (κ3) is 3.63. The van der Waals surface area contributed by atoms with Gasteiger partial charge in [-0.25, -0.2) is 0 Å². The van der Waals surface area contributed by atoms with Gasteiger partial charge in [0.05, 0.1) is 24.2 Å². The molecule has 5 nitrogen and oxygen atoms in total. The highest BCUT2D eigenvalue weighted by Crippen LogP contribution is 2.35. The van der Waals surface area contributed by atoms with E-state index in [1.54, 1.807) is 0 Å². The van der Waals surface area contributed by atoms with Crippen LogP contribution in [-0.4, -0.2) is 25.0 Å². The highest BCUT2D eigenvalue weighted by Gasteiger charge is 2.23. The number of nitrogens with one attached hydrogen (secondary N) is 2. The van der Waals surface area contributed by atoms with E-state index in [1.165, 1.54) is 11.3 Å². The molecule has 1 aliphatic rings. The van der Waals surface area contributed by atoms with Gasteiger partial charge in [-0.05, 0) is 12.1 Å². The molecule has 1 aromatic heterocycles. The van der Waals surface area contributed by atoms with Crippen LogP contribution in [0.4, 0.5) is 0 Å². The van der Waals surface area contributed by atoms with Crippen LogP contribution >= 0.6 is 22.9 Å². The molecule has 0 bridgehead atoms. The van der Waals surface area contributed by atoms with Crippen molar-refractivity contribution in [3.63, 3.8) is 0 Å². The Hall–Kier alpha value is -2.57. The largest absolute Gasteiger partial charge is 0.493 e. The first-order chi connectivity index (χ1) is 13.1. The number of halogens is 1. The van der Waals surface area contributed by atoms with E-state index >= 15 is 0 Å². The number of rotatable bonds is 4. The molecule has 2 amide bonds. The molecule has 2 aromatic carbocycles. The SMILES string of the molecule is O=C(CNC(=O)c1sc2ccccc2c1Cl)N[C@H]1CCOc2ccccc21. The van der Waals surface area contributed by atoms with Crippen molar-refractivity contribution in [3.8, 4) is 5.75 Å². The lowest BCUT2D eigenvalue weighted by Gasteiger charge is -2.26. The fourth-order valence-corrected chi connectivity index (χ4v) is 4.57. The standard InChI is InChI=1S/C20H17ClN2O3S/c21-18-13-6-2-4-8-16(13)27-19(18)20(25)22-11-17(24)23-14-9-10-26-15-7-3-1-5-12(14)15/h1-8,14H,9-11H2,(H,22,25)(H,23,24)/t14-/m0/s1. The highest BCUT2D eigenvalue weighted by molar-refractivity contribution is 7.21. The summed E-state index contributed by atoms with van der Waals surface area (Å²) in [5.41, 5.74) is 0.955. The third-order valence-corrected chi connectivity index (χ3v) is 6.12. The van der Waals surface area contributed by atoms with Crippen molar-refractivity contribution in [3.05, 3.63) is 64.0 Å². The summed E-state index contributed by atoms with van der Waals surface area (Å²) in [4.78, 5) is 25.2. The van der Waals surface area contributed by atoms with Crippen molar-refractivity contribution < 1.29 is 14.3 Å². The zero-order valence-electron chi connectivity index (χ0n) is 14.3. The maximum Gasteiger partial charge on any atom is 0.263 e. The number of benzene rings is 2. The number of thiophene rings is 1. The van der Waals surface area contributed by atoms with Crippen LogP contribution in [0, 0.1) is 0 Å². The first-order valence-corrected chi connectivity index (χ1v) is 9.79. The molecule has 138 valence electrons. The van der Waals surface area contributed by atoms with Crippen molar-refractivity contribution >= 4 is 44.8 Å². The van der Waals surface area contributed by atoms with E-state index in [0.29, 0.717) is 22.9 Å². The summed E-state index contributed by atoms with van der Waals surface area (Å²) in [5.74, 6) is 0.196. The molecule has 1 aliphatic heterocycles. The van der Waals surface area contributed by atoms with Crippen LogP contribution in [0.15, 0.2) is 48.5 Å². The van der Waals surface area contributed by atoms with Gasteiger partial charge in [0.2, 0.25) is 5.91 Å². The van der Waals surface area contributed by atoms with E-state index in [1.807, 2.05) is 48.5 Å². The smallest absolute Gasteiger partial charge is 0.263 e. The molecule has 4 rings (SSSR count). The van der Waals surface area contributed by atoms with Crippen molar-refractivity contribution in [1.29, 1.82) is 0 Å².